The monoisotopic (exact) mass is 410 g/mol. The fraction of sp³-hybridized carbons (Fsp3) is 0.400. The number of hydrogen-bond donors (Lipinski definition) is 1. The van der Waals surface area contributed by atoms with Crippen molar-refractivity contribution < 1.29 is 60.2 Å². The van der Waals surface area contributed by atoms with Crippen molar-refractivity contribution in [1.29, 1.82) is 0 Å². The summed E-state index contributed by atoms with van der Waals surface area (Å²) in [5, 5.41) is 9.01. The van der Waals surface area contributed by atoms with Crippen LogP contribution in [0.3, 0.4) is 0 Å². The molecule has 0 spiro atoms. The third-order valence-electron chi connectivity index (χ3n) is 2.41. The van der Waals surface area contributed by atoms with Crippen LogP contribution in [0, 0.1) is 13.8 Å². The molecule has 21 heavy (non-hydrogen) atoms. The Hall–Kier alpha value is 0.320. The van der Waals surface area contributed by atoms with Gasteiger partial charge in [-0.2, -0.15) is 8.42 Å². The van der Waals surface area contributed by atoms with E-state index < -0.39 is 30.6 Å². The molecule has 0 fully saturated rings. The predicted molar refractivity (Wildman–Crippen MR) is 73.2 cm³/mol. The number of aliphatic hydroxyl groups is 1. The van der Waals surface area contributed by atoms with Crippen molar-refractivity contribution in [1.82, 2.24) is 0 Å². The molecule has 1 aromatic carbocycles. The third-order valence-corrected chi connectivity index (χ3v) is 5.68. The van der Waals surface area contributed by atoms with E-state index in [0.717, 1.165) is 6.07 Å². The molecule has 1 N–H and O–H groups in total. The van der Waals surface area contributed by atoms with Crippen LogP contribution in [0.25, 0.3) is 0 Å². The van der Waals surface area contributed by atoms with Crippen molar-refractivity contribution in [2.24, 2.45) is 0 Å². The zero-order valence-electron chi connectivity index (χ0n) is 11.5. The summed E-state index contributed by atoms with van der Waals surface area (Å²) >= 11 is 2.79. The van der Waals surface area contributed by atoms with Crippen LogP contribution >= 0.6 is 15.9 Å². The van der Waals surface area contributed by atoms with Crippen molar-refractivity contribution in [3.8, 4) is 5.75 Å². The van der Waals surface area contributed by atoms with Gasteiger partial charge >= 0.3 is 39.7 Å². The van der Waals surface area contributed by atoms with E-state index >= 15 is 0 Å². The Morgan fingerprint density at radius 3 is 2.19 bits per heavy atom. The van der Waals surface area contributed by atoms with Crippen molar-refractivity contribution in [2.45, 2.75) is 24.2 Å². The molecule has 11 heteroatoms. The SMILES string of the molecule is Cc1cc(C)c(S(=O)(=O)[O-])cc1OS(=O)(=O)C(O)CBr.[Na+]. The summed E-state index contributed by atoms with van der Waals surface area (Å²) in [7, 11) is -9.10. The molecular formula is C10H12BrNaO7S2. The summed E-state index contributed by atoms with van der Waals surface area (Å²) in [6.07, 6.45) is 0. The van der Waals surface area contributed by atoms with Crippen molar-refractivity contribution in [2.75, 3.05) is 5.33 Å². The van der Waals surface area contributed by atoms with E-state index in [1.54, 1.807) is 0 Å². The summed E-state index contributed by atoms with van der Waals surface area (Å²) in [5.41, 5.74) is -1.31. The number of rotatable bonds is 5. The Kier molecular flexibility index (Phi) is 7.85. The minimum atomic E-state index is -4.75. The first-order valence-electron chi connectivity index (χ1n) is 5.23. The number of aryl methyl sites for hydroxylation is 2. The fourth-order valence-corrected chi connectivity index (χ4v) is 3.80. The second kappa shape index (κ2) is 7.73. The Morgan fingerprint density at radius 1 is 1.24 bits per heavy atom. The summed E-state index contributed by atoms with van der Waals surface area (Å²) in [6, 6.07) is 2.15. The molecule has 1 aromatic rings. The molecule has 0 heterocycles. The Morgan fingerprint density at radius 2 is 1.76 bits per heavy atom. The van der Waals surface area contributed by atoms with E-state index in [1.807, 2.05) is 0 Å². The van der Waals surface area contributed by atoms with Gasteiger partial charge in [0.1, 0.15) is 15.9 Å². The molecule has 7 nitrogen and oxygen atoms in total. The van der Waals surface area contributed by atoms with Crippen LogP contribution in [0.15, 0.2) is 17.0 Å². The van der Waals surface area contributed by atoms with E-state index in [0.29, 0.717) is 5.56 Å². The van der Waals surface area contributed by atoms with Gasteiger partial charge < -0.3 is 13.8 Å². The topological polar surface area (TPSA) is 121 Å². The van der Waals surface area contributed by atoms with Crippen LogP contribution in [-0.4, -0.2) is 37.3 Å². The predicted octanol–water partition coefficient (Wildman–Crippen LogP) is -2.37. The molecule has 0 amide bonds. The van der Waals surface area contributed by atoms with Crippen LogP contribution < -0.4 is 33.7 Å². The van der Waals surface area contributed by atoms with Crippen LogP contribution in [0.5, 0.6) is 5.75 Å². The standard InChI is InChI=1S/C10H13BrO7S2.Na/c1-6-3-7(2)9(19(13,14)15)4-8(6)18-20(16,17)10(12)5-11;/h3-4,10,12H,5H2,1-2H3,(H,13,14,15);/q;+1/p-1. The molecule has 1 rings (SSSR count). The van der Waals surface area contributed by atoms with Crippen molar-refractivity contribution >= 4 is 36.2 Å². The van der Waals surface area contributed by atoms with Gasteiger partial charge in [0.25, 0.3) is 0 Å². The van der Waals surface area contributed by atoms with E-state index in [1.165, 1.54) is 19.9 Å². The molecule has 114 valence electrons. The zero-order chi connectivity index (χ0) is 15.7. The Balaban J connectivity index is 0.00000400. The molecule has 0 aliphatic rings. The quantitative estimate of drug-likeness (QED) is 0.249. The molecule has 1 unspecified atom stereocenters. The first-order valence-corrected chi connectivity index (χ1v) is 9.23. The minimum absolute atomic E-state index is 0. The molecule has 0 bridgehead atoms. The average Bonchev–Trinajstić information content (AvgIpc) is 2.29. The van der Waals surface area contributed by atoms with Gasteiger partial charge in [0.05, 0.1) is 4.90 Å². The summed E-state index contributed by atoms with van der Waals surface area (Å²) in [4.78, 5) is -0.568. The average molecular weight is 411 g/mol. The van der Waals surface area contributed by atoms with E-state index in [2.05, 4.69) is 20.1 Å². The minimum Gasteiger partial charge on any atom is -0.744 e. The first kappa shape index (κ1) is 21.3. The Labute approximate surface area is 154 Å². The summed E-state index contributed by atoms with van der Waals surface area (Å²) in [6.45, 7) is 2.89. The maximum Gasteiger partial charge on any atom is 1.00 e. The van der Waals surface area contributed by atoms with Gasteiger partial charge in [-0.1, -0.05) is 22.0 Å². The third kappa shape index (κ3) is 5.47. The smallest absolute Gasteiger partial charge is 0.744 e. The van der Waals surface area contributed by atoms with Crippen molar-refractivity contribution in [3.63, 3.8) is 0 Å². The maximum atomic E-state index is 11.6. The molecule has 0 saturated heterocycles. The maximum absolute atomic E-state index is 11.6. The van der Waals surface area contributed by atoms with E-state index in [9.17, 15) is 26.5 Å². The van der Waals surface area contributed by atoms with Gasteiger partial charge in [-0.05, 0) is 31.0 Å². The molecule has 0 aromatic heterocycles. The van der Waals surface area contributed by atoms with Crippen LogP contribution in [0.1, 0.15) is 11.1 Å². The van der Waals surface area contributed by atoms with Gasteiger partial charge in [0.15, 0.2) is 0 Å². The molecule has 0 aliphatic carbocycles. The number of halogens is 1. The molecule has 0 saturated carbocycles. The fourth-order valence-electron chi connectivity index (χ4n) is 1.43. The van der Waals surface area contributed by atoms with Gasteiger partial charge in [0, 0.05) is 5.33 Å². The van der Waals surface area contributed by atoms with Gasteiger partial charge in [-0.15, -0.1) is 0 Å². The second-order valence-electron chi connectivity index (χ2n) is 4.02. The second-order valence-corrected chi connectivity index (χ2v) is 7.71. The molecular weight excluding hydrogens is 399 g/mol. The van der Waals surface area contributed by atoms with Crippen LogP contribution in [-0.2, 0) is 20.2 Å². The molecule has 0 radical (unpaired) electrons. The number of benzene rings is 1. The molecule has 1 atom stereocenters. The van der Waals surface area contributed by atoms with Gasteiger partial charge in [-0.25, -0.2) is 8.42 Å². The van der Waals surface area contributed by atoms with Crippen molar-refractivity contribution in [3.05, 3.63) is 23.3 Å². The summed E-state index contributed by atoms with van der Waals surface area (Å²) in [5.74, 6) is -0.315. The van der Waals surface area contributed by atoms with E-state index in [-0.39, 0.29) is 46.2 Å². The first-order chi connectivity index (χ1) is 8.99. The zero-order valence-corrected chi connectivity index (χ0v) is 16.7. The number of hydrogen-bond acceptors (Lipinski definition) is 7. The van der Waals surface area contributed by atoms with Gasteiger partial charge in [0.2, 0.25) is 5.44 Å². The Bertz CT molecular complexity index is 715. The summed E-state index contributed by atoms with van der Waals surface area (Å²) < 4.78 is 61.0. The number of alkyl halides is 1. The van der Waals surface area contributed by atoms with Crippen LogP contribution in [0.4, 0.5) is 0 Å². The largest absolute Gasteiger partial charge is 1.00 e. The van der Waals surface area contributed by atoms with E-state index in [4.69, 9.17) is 0 Å². The van der Waals surface area contributed by atoms with Crippen LogP contribution in [0.2, 0.25) is 0 Å². The molecule has 0 aliphatic heterocycles. The van der Waals surface area contributed by atoms with Gasteiger partial charge in [-0.3, -0.25) is 0 Å². The normalized spacial score (nSPS) is 13.4. The number of aliphatic hydroxyl groups excluding tert-OH is 1.